The van der Waals surface area contributed by atoms with Crippen molar-refractivity contribution in [3.8, 4) is 0 Å². The number of rotatable bonds is 4. The predicted molar refractivity (Wildman–Crippen MR) is 65.0 cm³/mol. The highest BCUT2D eigenvalue weighted by Gasteiger charge is 2.34. The van der Waals surface area contributed by atoms with E-state index in [9.17, 15) is 4.79 Å². The van der Waals surface area contributed by atoms with Crippen molar-refractivity contribution in [1.82, 2.24) is 9.80 Å². The average Bonchev–Trinajstić information content (AvgIpc) is 3.12. The van der Waals surface area contributed by atoms with Gasteiger partial charge in [0, 0.05) is 38.1 Å². The van der Waals surface area contributed by atoms with Crippen LogP contribution >= 0.6 is 0 Å². The molecule has 0 aromatic carbocycles. The van der Waals surface area contributed by atoms with Gasteiger partial charge < -0.3 is 4.74 Å². The molecule has 0 bridgehead atoms. The highest BCUT2D eigenvalue weighted by Crippen LogP contribution is 2.30. The maximum absolute atomic E-state index is 11.8. The van der Waals surface area contributed by atoms with Gasteiger partial charge in [0.15, 0.2) is 0 Å². The van der Waals surface area contributed by atoms with E-state index in [1.54, 1.807) is 0 Å². The molecular weight excluding hydrogens is 216 g/mol. The van der Waals surface area contributed by atoms with Gasteiger partial charge in [-0.2, -0.15) is 0 Å². The summed E-state index contributed by atoms with van der Waals surface area (Å²) in [6.07, 6.45) is 3.50. The molecule has 3 rings (SSSR count). The summed E-state index contributed by atoms with van der Waals surface area (Å²) in [5.41, 5.74) is 0. The average molecular weight is 238 g/mol. The molecule has 4 nitrogen and oxygen atoms in total. The molecule has 0 N–H and O–H groups in total. The van der Waals surface area contributed by atoms with Crippen molar-refractivity contribution in [3.05, 3.63) is 0 Å². The SMILES string of the molecule is O=C(CN1CCC(N2CCOCC2)C1)C1CC1. The molecule has 0 aromatic rings. The zero-order chi connectivity index (χ0) is 11.7. The molecule has 3 aliphatic rings. The molecule has 4 heteroatoms. The zero-order valence-electron chi connectivity index (χ0n) is 10.4. The number of ketones is 1. The van der Waals surface area contributed by atoms with Crippen molar-refractivity contribution in [2.45, 2.75) is 25.3 Å². The topological polar surface area (TPSA) is 32.8 Å². The molecule has 1 saturated carbocycles. The van der Waals surface area contributed by atoms with Crippen LogP contribution in [-0.4, -0.2) is 67.6 Å². The largest absolute Gasteiger partial charge is 0.379 e. The molecule has 17 heavy (non-hydrogen) atoms. The zero-order valence-corrected chi connectivity index (χ0v) is 10.4. The van der Waals surface area contributed by atoms with E-state index in [4.69, 9.17) is 4.74 Å². The van der Waals surface area contributed by atoms with E-state index >= 15 is 0 Å². The summed E-state index contributed by atoms with van der Waals surface area (Å²) < 4.78 is 5.38. The number of morpholine rings is 1. The van der Waals surface area contributed by atoms with Crippen LogP contribution in [0.5, 0.6) is 0 Å². The standard InChI is InChI=1S/C13H22N2O2/c16-13(11-1-2-11)10-14-4-3-12(9-14)15-5-7-17-8-6-15/h11-12H,1-10H2. The Morgan fingerprint density at radius 1 is 1.12 bits per heavy atom. The summed E-state index contributed by atoms with van der Waals surface area (Å²) in [5.74, 6) is 0.894. The van der Waals surface area contributed by atoms with Crippen molar-refractivity contribution in [1.29, 1.82) is 0 Å². The lowest BCUT2D eigenvalue weighted by Crippen LogP contribution is -2.45. The smallest absolute Gasteiger partial charge is 0.149 e. The Balaban J connectivity index is 1.45. The van der Waals surface area contributed by atoms with E-state index in [2.05, 4.69) is 9.80 Å². The van der Waals surface area contributed by atoms with Gasteiger partial charge in [0.25, 0.3) is 0 Å². The fourth-order valence-electron chi connectivity index (χ4n) is 2.95. The summed E-state index contributed by atoms with van der Waals surface area (Å²) in [6, 6.07) is 0.658. The van der Waals surface area contributed by atoms with E-state index in [1.165, 1.54) is 6.42 Å². The minimum atomic E-state index is 0.414. The van der Waals surface area contributed by atoms with Crippen LogP contribution in [0.4, 0.5) is 0 Å². The molecule has 1 aliphatic carbocycles. The Bertz CT molecular complexity index is 285. The summed E-state index contributed by atoms with van der Waals surface area (Å²) in [7, 11) is 0. The van der Waals surface area contributed by atoms with Gasteiger partial charge in [-0.05, 0) is 19.3 Å². The van der Waals surface area contributed by atoms with Crippen LogP contribution in [0.25, 0.3) is 0 Å². The van der Waals surface area contributed by atoms with Crippen molar-refractivity contribution in [2.24, 2.45) is 5.92 Å². The van der Waals surface area contributed by atoms with Crippen molar-refractivity contribution in [3.63, 3.8) is 0 Å². The Kier molecular flexibility index (Phi) is 3.45. The minimum Gasteiger partial charge on any atom is -0.379 e. The molecule has 0 radical (unpaired) electrons. The van der Waals surface area contributed by atoms with E-state index in [1.807, 2.05) is 0 Å². The number of ether oxygens (including phenoxy) is 1. The number of hydrogen-bond donors (Lipinski definition) is 0. The third-order valence-corrected chi connectivity index (χ3v) is 4.22. The first-order valence-corrected chi connectivity index (χ1v) is 6.90. The van der Waals surface area contributed by atoms with Crippen LogP contribution in [0.3, 0.4) is 0 Å². The van der Waals surface area contributed by atoms with E-state index in [0.717, 1.165) is 52.2 Å². The van der Waals surface area contributed by atoms with Crippen LogP contribution in [0.1, 0.15) is 19.3 Å². The number of carbonyl (C=O) groups excluding carboxylic acids is 1. The molecular formula is C13H22N2O2. The van der Waals surface area contributed by atoms with Crippen molar-refractivity contribution < 1.29 is 9.53 Å². The van der Waals surface area contributed by atoms with Gasteiger partial charge in [-0.3, -0.25) is 14.6 Å². The Labute approximate surface area is 103 Å². The Morgan fingerprint density at radius 2 is 1.88 bits per heavy atom. The van der Waals surface area contributed by atoms with Gasteiger partial charge in [-0.1, -0.05) is 0 Å². The van der Waals surface area contributed by atoms with Gasteiger partial charge in [-0.25, -0.2) is 0 Å². The maximum atomic E-state index is 11.8. The maximum Gasteiger partial charge on any atom is 0.149 e. The second-order valence-corrected chi connectivity index (χ2v) is 5.57. The quantitative estimate of drug-likeness (QED) is 0.708. The van der Waals surface area contributed by atoms with Crippen LogP contribution in [0, 0.1) is 5.92 Å². The van der Waals surface area contributed by atoms with E-state index < -0.39 is 0 Å². The molecule has 96 valence electrons. The summed E-state index contributed by atoms with van der Waals surface area (Å²) in [6.45, 7) is 6.75. The minimum absolute atomic E-state index is 0.414. The van der Waals surface area contributed by atoms with Crippen molar-refractivity contribution in [2.75, 3.05) is 45.9 Å². The molecule has 3 fully saturated rings. The number of hydrogen-bond acceptors (Lipinski definition) is 4. The monoisotopic (exact) mass is 238 g/mol. The van der Waals surface area contributed by atoms with Gasteiger partial charge in [0.05, 0.1) is 19.8 Å². The van der Waals surface area contributed by atoms with Gasteiger partial charge in [0.1, 0.15) is 5.78 Å². The molecule has 1 atom stereocenters. The van der Waals surface area contributed by atoms with Crippen LogP contribution in [0.15, 0.2) is 0 Å². The first-order valence-electron chi connectivity index (χ1n) is 6.90. The fourth-order valence-corrected chi connectivity index (χ4v) is 2.95. The highest BCUT2D eigenvalue weighted by atomic mass is 16.5. The third kappa shape index (κ3) is 2.87. The first kappa shape index (κ1) is 11.6. The second-order valence-electron chi connectivity index (χ2n) is 5.57. The number of likely N-dealkylation sites (tertiary alicyclic amines) is 1. The Hall–Kier alpha value is -0.450. The Morgan fingerprint density at radius 3 is 2.59 bits per heavy atom. The molecule has 2 heterocycles. The lowest BCUT2D eigenvalue weighted by molar-refractivity contribution is -0.121. The number of carbonyl (C=O) groups is 1. The first-order chi connectivity index (χ1) is 8.33. The summed E-state index contributed by atoms with van der Waals surface area (Å²) in [4.78, 5) is 16.6. The molecule has 1 unspecified atom stereocenters. The fraction of sp³-hybridized carbons (Fsp3) is 0.923. The third-order valence-electron chi connectivity index (χ3n) is 4.22. The van der Waals surface area contributed by atoms with Crippen molar-refractivity contribution >= 4 is 5.78 Å². The molecule has 0 spiro atoms. The summed E-state index contributed by atoms with van der Waals surface area (Å²) in [5, 5.41) is 0. The molecule has 2 saturated heterocycles. The van der Waals surface area contributed by atoms with Gasteiger partial charge >= 0.3 is 0 Å². The normalized spacial score (nSPS) is 31.9. The molecule has 2 aliphatic heterocycles. The van der Waals surface area contributed by atoms with Crippen LogP contribution in [-0.2, 0) is 9.53 Å². The summed E-state index contributed by atoms with van der Waals surface area (Å²) >= 11 is 0. The number of Topliss-reactive ketones (excluding diaryl/α,β-unsaturated/α-hetero) is 1. The van der Waals surface area contributed by atoms with Gasteiger partial charge in [-0.15, -0.1) is 0 Å². The van der Waals surface area contributed by atoms with E-state index in [-0.39, 0.29) is 0 Å². The second kappa shape index (κ2) is 5.04. The van der Waals surface area contributed by atoms with Crippen LogP contribution in [0.2, 0.25) is 0 Å². The predicted octanol–water partition coefficient (Wildman–Crippen LogP) is 0.372. The molecule has 0 aromatic heterocycles. The van der Waals surface area contributed by atoms with E-state index in [0.29, 0.717) is 24.3 Å². The highest BCUT2D eigenvalue weighted by molar-refractivity contribution is 5.85. The van der Waals surface area contributed by atoms with Crippen LogP contribution < -0.4 is 0 Å². The molecule has 0 amide bonds. The number of nitrogens with zero attached hydrogens (tertiary/aromatic N) is 2. The van der Waals surface area contributed by atoms with Gasteiger partial charge in [0.2, 0.25) is 0 Å². The lowest BCUT2D eigenvalue weighted by Gasteiger charge is -2.32. The lowest BCUT2D eigenvalue weighted by atomic mass is 10.2.